The summed E-state index contributed by atoms with van der Waals surface area (Å²) < 4.78 is 64.4. The first kappa shape index (κ1) is 29.6. The largest absolute Gasteiger partial charge is 0.508 e. The van der Waals surface area contributed by atoms with Crippen LogP contribution in [0.1, 0.15) is 38.2 Å². The number of aromatic nitrogens is 3. The second-order valence-corrected chi connectivity index (χ2v) is 13.1. The number of hydrogen-bond acceptors (Lipinski definition) is 9. The first-order chi connectivity index (χ1) is 22.3. The summed E-state index contributed by atoms with van der Waals surface area (Å²) in [6.07, 6.45) is 3.93. The predicted octanol–water partition coefficient (Wildman–Crippen LogP) is 5.34. The SMILES string of the molecule is CCc1c(F)ccc2cc(O)cc(-c3ncc4c(N5CCOC[C@]6(CCO6)C5)nc(OC[C@@]56CCCN5C[C@H](F)C6)nc4c3F)c12. The molecule has 1 N–H and O–H groups in total. The summed E-state index contributed by atoms with van der Waals surface area (Å²) in [6, 6.07) is 5.83. The number of anilines is 1. The van der Waals surface area contributed by atoms with E-state index in [2.05, 4.69) is 14.9 Å². The number of pyridine rings is 1. The van der Waals surface area contributed by atoms with Gasteiger partial charge in [0.05, 0.1) is 37.3 Å². The van der Waals surface area contributed by atoms with Gasteiger partial charge in [-0.3, -0.25) is 9.88 Å². The number of aryl methyl sites for hydroxylation is 1. The molecule has 4 aromatic rings. The van der Waals surface area contributed by atoms with Crippen LogP contribution in [0.15, 0.2) is 30.5 Å². The molecule has 2 aromatic carbocycles. The van der Waals surface area contributed by atoms with Gasteiger partial charge in [0.15, 0.2) is 5.82 Å². The van der Waals surface area contributed by atoms with E-state index in [1.54, 1.807) is 6.07 Å². The smallest absolute Gasteiger partial charge is 0.319 e. The third-order valence-electron chi connectivity index (χ3n) is 10.3. The summed E-state index contributed by atoms with van der Waals surface area (Å²) in [5.41, 5.74) is -0.343. The molecule has 0 saturated carbocycles. The molecule has 8 rings (SSSR count). The lowest BCUT2D eigenvalue weighted by atomic mass is 9.94. The van der Waals surface area contributed by atoms with Gasteiger partial charge in [-0.15, -0.1) is 0 Å². The minimum Gasteiger partial charge on any atom is -0.508 e. The lowest BCUT2D eigenvalue weighted by Gasteiger charge is -2.42. The number of phenolic OH excluding ortho intramolecular Hbond substituents is 1. The maximum atomic E-state index is 16.9. The maximum Gasteiger partial charge on any atom is 0.319 e. The number of ether oxygens (including phenoxy) is 3. The average Bonchev–Trinajstić information content (AvgIpc) is 3.44. The summed E-state index contributed by atoms with van der Waals surface area (Å²) in [4.78, 5) is 18.1. The molecule has 6 heterocycles. The van der Waals surface area contributed by atoms with E-state index >= 15 is 4.39 Å². The van der Waals surface area contributed by atoms with E-state index in [1.807, 2.05) is 11.8 Å². The zero-order valence-corrected chi connectivity index (χ0v) is 25.7. The lowest BCUT2D eigenvalue weighted by molar-refractivity contribution is -0.167. The van der Waals surface area contributed by atoms with Crippen LogP contribution in [-0.2, 0) is 15.9 Å². The molecule has 9 nitrogen and oxygen atoms in total. The minimum atomic E-state index is -0.922. The van der Waals surface area contributed by atoms with Crippen LogP contribution in [0, 0.1) is 11.6 Å². The van der Waals surface area contributed by atoms with Gasteiger partial charge in [-0.25, -0.2) is 13.2 Å². The van der Waals surface area contributed by atoms with Gasteiger partial charge in [-0.2, -0.15) is 9.97 Å². The minimum absolute atomic E-state index is 0.0137. The number of nitrogens with zero attached hydrogens (tertiary/aromatic N) is 5. The monoisotopic (exact) mass is 635 g/mol. The molecule has 1 spiro atoms. The summed E-state index contributed by atoms with van der Waals surface area (Å²) in [5.74, 6) is -0.810. The van der Waals surface area contributed by atoms with Crippen LogP contribution < -0.4 is 9.64 Å². The molecule has 4 aliphatic heterocycles. The van der Waals surface area contributed by atoms with Crippen LogP contribution in [0.25, 0.3) is 32.9 Å². The van der Waals surface area contributed by atoms with Gasteiger partial charge in [0.1, 0.15) is 47.0 Å². The van der Waals surface area contributed by atoms with Crippen molar-refractivity contribution in [3.8, 4) is 23.0 Å². The topological polar surface area (TPSA) is 93.1 Å². The van der Waals surface area contributed by atoms with Crippen molar-refractivity contribution in [2.75, 3.05) is 57.5 Å². The number of halogens is 3. The van der Waals surface area contributed by atoms with Crippen LogP contribution in [0.5, 0.6) is 11.8 Å². The Kier molecular flexibility index (Phi) is 7.22. The average molecular weight is 636 g/mol. The highest BCUT2D eigenvalue weighted by Crippen LogP contribution is 2.42. The van der Waals surface area contributed by atoms with E-state index < -0.39 is 28.9 Å². The highest BCUT2D eigenvalue weighted by Gasteiger charge is 2.49. The van der Waals surface area contributed by atoms with Crippen molar-refractivity contribution in [1.82, 2.24) is 19.9 Å². The Labute approximate surface area is 264 Å². The zero-order chi connectivity index (χ0) is 31.6. The van der Waals surface area contributed by atoms with Crippen LogP contribution in [0.3, 0.4) is 0 Å². The van der Waals surface area contributed by atoms with Gasteiger partial charge < -0.3 is 24.2 Å². The van der Waals surface area contributed by atoms with E-state index in [1.165, 1.54) is 24.4 Å². The van der Waals surface area contributed by atoms with E-state index in [-0.39, 0.29) is 35.1 Å². The fraction of sp³-hybridized carbons (Fsp3) is 0.500. The van der Waals surface area contributed by atoms with Crippen LogP contribution in [0.2, 0.25) is 0 Å². The number of fused-ring (bicyclic) bond motifs is 3. The Morgan fingerprint density at radius 2 is 2.00 bits per heavy atom. The molecule has 12 heteroatoms. The molecule has 4 aliphatic rings. The van der Waals surface area contributed by atoms with Crippen LogP contribution in [-0.4, -0.2) is 94.9 Å². The molecule has 0 bridgehead atoms. The zero-order valence-electron chi connectivity index (χ0n) is 25.7. The van der Waals surface area contributed by atoms with Crippen LogP contribution in [0.4, 0.5) is 19.0 Å². The van der Waals surface area contributed by atoms with Crippen molar-refractivity contribution in [3.05, 3.63) is 47.7 Å². The third kappa shape index (κ3) is 4.84. The van der Waals surface area contributed by atoms with Gasteiger partial charge in [0, 0.05) is 37.7 Å². The molecule has 4 fully saturated rings. The predicted molar refractivity (Wildman–Crippen MR) is 166 cm³/mol. The molecule has 0 aliphatic carbocycles. The van der Waals surface area contributed by atoms with Gasteiger partial charge in [0.2, 0.25) is 0 Å². The highest BCUT2D eigenvalue weighted by molar-refractivity contribution is 6.01. The Morgan fingerprint density at radius 3 is 2.80 bits per heavy atom. The Bertz CT molecular complexity index is 1840. The van der Waals surface area contributed by atoms with E-state index in [0.717, 1.165) is 25.8 Å². The van der Waals surface area contributed by atoms with Crippen molar-refractivity contribution in [3.63, 3.8) is 0 Å². The number of aromatic hydroxyl groups is 1. The van der Waals surface area contributed by atoms with Gasteiger partial charge in [-0.05, 0) is 60.3 Å². The molecule has 4 saturated heterocycles. The number of hydrogen-bond donors (Lipinski definition) is 1. The van der Waals surface area contributed by atoms with Crippen molar-refractivity contribution in [2.45, 2.75) is 56.3 Å². The van der Waals surface area contributed by atoms with Crippen molar-refractivity contribution in [1.29, 1.82) is 0 Å². The summed E-state index contributed by atoms with van der Waals surface area (Å²) in [5, 5.41) is 12.0. The molecule has 242 valence electrons. The second kappa shape index (κ2) is 11.2. The van der Waals surface area contributed by atoms with Gasteiger partial charge >= 0.3 is 6.01 Å². The van der Waals surface area contributed by atoms with E-state index in [0.29, 0.717) is 79.8 Å². The molecule has 3 atom stereocenters. The summed E-state index contributed by atoms with van der Waals surface area (Å²) in [6.45, 7) is 5.69. The van der Waals surface area contributed by atoms with Crippen LogP contribution >= 0.6 is 0 Å². The number of alkyl halides is 1. The third-order valence-corrected chi connectivity index (χ3v) is 10.3. The first-order valence-corrected chi connectivity index (χ1v) is 16.1. The molecule has 0 unspecified atom stereocenters. The Hall–Kier alpha value is -3.74. The Balaban J connectivity index is 1.27. The second-order valence-electron chi connectivity index (χ2n) is 13.1. The van der Waals surface area contributed by atoms with Crippen molar-refractivity contribution >= 4 is 27.5 Å². The lowest BCUT2D eigenvalue weighted by Crippen LogP contribution is -2.54. The molecular formula is C34H36F3N5O4. The quantitative estimate of drug-likeness (QED) is 0.301. The van der Waals surface area contributed by atoms with Gasteiger partial charge in [0.25, 0.3) is 0 Å². The highest BCUT2D eigenvalue weighted by atomic mass is 19.1. The first-order valence-electron chi connectivity index (χ1n) is 16.1. The number of phenols is 1. The standard InChI is InChI=1S/C34H36F3N5O4/c1-2-23-26(36)5-4-20-12-22(43)13-24(27(20)23)29-28(37)30-25(15-38-29)31(41-9-11-44-19-34(17-41)7-10-46-34)40-32(39-30)45-18-33-6-3-8-42(33)16-21(35)14-33/h4-5,12-13,15,21,43H,2-3,6-11,14,16-19H2,1H3/t21-,33+,34+/m1/s1. The van der Waals surface area contributed by atoms with E-state index in [4.69, 9.17) is 19.2 Å². The fourth-order valence-corrected chi connectivity index (χ4v) is 7.91. The van der Waals surface area contributed by atoms with E-state index in [9.17, 15) is 13.9 Å². The van der Waals surface area contributed by atoms with Crippen molar-refractivity contribution < 1.29 is 32.5 Å². The van der Waals surface area contributed by atoms with Gasteiger partial charge in [-0.1, -0.05) is 13.0 Å². The van der Waals surface area contributed by atoms with Crippen molar-refractivity contribution in [2.24, 2.45) is 0 Å². The number of rotatable bonds is 6. The fourth-order valence-electron chi connectivity index (χ4n) is 7.91. The summed E-state index contributed by atoms with van der Waals surface area (Å²) >= 11 is 0. The summed E-state index contributed by atoms with van der Waals surface area (Å²) in [7, 11) is 0. The molecular weight excluding hydrogens is 599 g/mol. The maximum absolute atomic E-state index is 16.9. The number of benzene rings is 2. The molecule has 0 amide bonds. The molecule has 46 heavy (non-hydrogen) atoms. The Morgan fingerprint density at radius 1 is 1.13 bits per heavy atom. The normalized spacial score (nSPS) is 26.5. The molecule has 2 aromatic heterocycles. The molecule has 0 radical (unpaired) electrons.